The maximum Gasteiger partial charge on any atom is 0.433 e. The van der Waals surface area contributed by atoms with Crippen molar-refractivity contribution in [2.75, 3.05) is 17.7 Å². The molecule has 2 atom stereocenters. The standard InChI is InChI=1S/C12H17F3N4/c1-7-4-3-5-8(7)17-10-6-9(12(13,14)15)18-11(16-2)19-10/h6-8H,3-5H2,1-2H3,(H2,16,17,18,19). The minimum absolute atomic E-state index is 0.0250. The molecule has 0 radical (unpaired) electrons. The Morgan fingerprint density at radius 2 is 2.00 bits per heavy atom. The Labute approximate surface area is 109 Å². The van der Waals surface area contributed by atoms with Crippen LogP contribution in [0.2, 0.25) is 0 Å². The summed E-state index contributed by atoms with van der Waals surface area (Å²) in [5.41, 5.74) is -0.931. The van der Waals surface area contributed by atoms with Gasteiger partial charge >= 0.3 is 6.18 Å². The number of nitrogens with zero attached hydrogens (tertiary/aromatic N) is 2. The molecule has 0 aromatic carbocycles. The zero-order chi connectivity index (χ0) is 14.0. The third-order valence-corrected chi connectivity index (χ3v) is 3.43. The first-order valence-electron chi connectivity index (χ1n) is 6.30. The van der Waals surface area contributed by atoms with Crippen LogP contribution in [0.3, 0.4) is 0 Å². The van der Waals surface area contributed by atoms with Gasteiger partial charge in [0.1, 0.15) is 5.82 Å². The monoisotopic (exact) mass is 274 g/mol. The van der Waals surface area contributed by atoms with Crippen LogP contribution in [0.25, 0.3) is 0 Å². The average Bonchev–Trinajstić information content (AvgIpc) is 2.73. The van der Waals surface area contributed by atoms with Gasteiger partial charge in [-0.05, 0) is 18.8 Å². The van der Waals surface area contributed by atoms with Crippen LogP contribution in [0.4, 0.5) is 24.9 Å². The minimum atomic E-state index is -4.47. The highest BCUT2D eigenvalue weighted by Crippen LogP contribution is 2.31. The van der Waals surface area contributed by atoms with Gasteiger partial charge in [-0.25, -0.2) is 4.98 Å². The Morgan fingerprint density at radius 1 is 1.26 bits per heavy atom. The fraction of sp³-hybridized carbons (Fsp3) is 0.667. The average molecular weight is 274 g/mol. The van der Waals surface area contributed by atoms with Gasteiger partial charge in [0.15, 0.2) is 5.69 Å². The SMILES string of the molecule is CNc1nc(NC2CCCC2C)cc(C(F)(F)F)n1. The smallest absolute Gasteiger partial charge is 0.367 e. The van der Waals surface area contributed by atoms with E-state index in [-0.39, 0.29) is 17.8 Å². The van der Waals surface area contributed by atoms with Crippen LogP contribution in [0, 0.1) is 5.92 Å². The number of nitrogens with one attached hydrogen (secondary N) is 2. The molecule has 2 rings (SSSR count). The highest BCUT2D eigenvalue weighted by atomic mass is 19.4. The first-order chi connectivity index (χ1) is 8.90. The quantitative estimate of drug-likeness (QED) is 0.889. The van der Waals surface area contributed by atoms with Crippen LogP contribution < -0.4 is 10.6 Å². The van der Waals surface area contributed by atoms with E-state index < -0.39 is 11.9 Å². The van der Waals surface area contributed by atoms with E-state index in [1.165, 1.54) is 7.05 Å². The van der Waals surface area contributed by atoms with E-state index in [1.54, 1.807) is 0 Å². The first kappa shape index (κ1) is 13.9. The number of anilines is 2. The topological polar surface area (TPSA) is 49.8 Å². The normalized spacial score (nSPS) is 23.4. The van der Waals surface area contributed by atoms with Crippen LogP contribution in [-0.4, -0.2) is 23.1 Å². The minimum Gasteiger partial charge on any atom is -0.367 e. The van der Waals surface area contributed by atoms with Gasteiger partial charge in [0.2, 0.25) is 5.95 Å². The zero-order valence-corrected chi connectivity index (χ0v) is 10.9. The van der Waals surface area contributed by atoms with Gasteiger partial charge < -0.3 is 10.6 Å². The summed E-state index contributed by atoms with van der Waals surface area (Å²) >= 11 is 0. The Bertz CT molecular complexity index is 447. The number of aromatic nitrogens is 2. The summed E-state index contributed by atoms with van der Waals surface area (Å²) in [4.78, 5) is 7.46. The van der Waals surface area contributed by atoms with Crippen molar-refractivity contribution < 1.29 is 13.2 Å². The summed E-state index contributed by atoms with van der Waals surface area (Å²) in [6.07, 6.45) is -1.32. The highest BCUT2D eigenvalue weighted by Gasteiger charge is 2.34. The van der Waals surface area contributed by atoms with E-state index in [0.29, 0.717) is 5.92 Å². The second kappa shape index (κ2) is 5.22. The Hall–Kier alpha value is -1.53. The van der Waals surface area contributed by atoms with Crippen molar-refractivity contribution in [3.8, 4) is 0 Å². The van der Waals surface area contributed by atoms with Gasteiger partial charge in [0.05, 0.1) is 0 Å². The summed E-state index contributed by atoms with van der Waals surface area (Å²) in [6.45, 7) is 2.09. The van der Waals surface area contributed by atoms with Gasteiger partial charge in [-0.15, -0.1) is 0 Å². The van der Waals surface area contributed by atoms with Crippen LogP contribution in [0.15, 0.2) is 6.07 Å². The van der Waals surface area contributed by atoms with E-state index in [4.69, 9.17) is 0 Å². The van der Waals surface area contributed by atoms with E-state index >= 15 is 0 Å². The number of alkyl halides is 3. The van der Waals surface area contributed by atoms with Gasteiger partial charge in [-0.3, -0.25) is 0 Å². The second-order valence-electron chi connectivity index (χ2n) is 4.87. The summed E-state index contributed by atoms with van der Waals surface area (Å²) in [7, 11) is 1.50. The predicted octanol–water partition coefficient (Wildman–Crippen LogP) is 3.14. The molecule has 4 nitrogen and oxygen atoms in total. The maximum absolute atomic E-state index is 12.7. The zero-order valence-electron chi connectivity index (χ0n) is 10.9. The molecule has 7 heteroatoms. The lowest BCUT2D eigenvalue weighted by atomic mass is 10.1. The first-order valence-corrected chi connectivity index (χ1v) is 6.30. The van der Waals surface area contributed by atoms with Crippen molar-refractivity contribution in [3.05, 3.63) is 11.8 Å². The largest absolute Gasteiger partial charge is 0.433 e. The molecule has 1 aromatic rings. The molecule has 1 aliphatic carbocycles. The highest BCUT2D eigenvalue weighted by molar-refractivity contribution is 5.43. The molecule has 0 aliphatic heterocycles. The van der Waals surface area contributed by atoms with Crippen LogP contribution >= 0.6 is 0 Å². The van der Waals surface area contributed by atoms with E-state index in [0.717, 1.165) is 25.3 Å². The lowest BCUT2D eigenvalue weighted by Gasteiger charge is -2.19. The molecule has 1 aliphatic rings. The summed E-state index contributed by atoms with van der Waals surface area (Å²) < 4.78 is 38.2. The van der Waals surface area contributed by atoms with Crippen LogP contribution in [0.1, 0.15) is 31.9 Å². The predicted molar refractivity (Wildman–Crippen MR) is 67.0 cm³/mol. The van der Waals surface area contributed by atoms with Gasteiger partial charge in [0.25, 0.3) is 0 Å². The third kappa shape index (κ3) is 3.27. The van der Waals surface area contributed by atoms with Crippen molar-refractivity contribution in [3.63, 3.8) is 0 Å². The lowest BCUT2D eigenvalue weighted by Crippen LogP contribution is -2.23. The van der Waals surface area contributed by atoms with Gasteiger partial charge in [0, 0.05) is 19.2 Å². The van der Waals surface area contributed by atoms with Gasteiger partial charge in [-0.2, -0.15) is 18.2 Å². The molecule has 2 unspecified atom stereocenters. The van der Waals surface area contributed by atoms with E-state index in [2.05, 4.69) is 27.5 Å². The fourth-order valence-electron chi connectivity index (χ4n) is 2.33. The summed E-state index contributed by atoms with van der Waals surface area (Å²) in [6, 6.07) is 1.15. The molecule has 1 fully saturated rings. The Balaban J connectivity index is 2.24. The molecule has 0 spiro atoms. The van der Waals surface area contributed by atoms with Crippen molar-refractivity contribution in [2.45, 2.75) is 38.4 Å². The van der Waals surface area contributed by atoms with Crippen LogP contribution in [0.5, 0.6) is 0 Å². The number of halogens is 3. The molecular weight excluding hydrogens is 257 g/mol. The Kier molecular flexibility index (Phi) is 3.82. The second-order valence-corrected chi connectivity index (χ2v) is 4.87. The molecule has 0 bridgehead atoms. The van der Waals surface area contributed by atoms with Crippen molar-refractivity contribution in [1.82, 2.24) is 9.97 Å². The maximum atomic E-state index is 12.7. The van der Waals surface area contributed by atoms with E-state index in [9.17, 15) is 13.2 Å². The fourth-order valence-corrected chi connectivity index (χ4v) is 2.33. The summed E-state index contributed by atoms with van der Waals surface area (Å²) in [5.74, 6) is 0.649. The molecule has 19 heavy (non-hydrogen) atoms. The molecule has 0 saturated heterocycles. The Morgan fingerprint density at radius 3 is 2.53 bits per heavy atom. The lowest BCUT2D eigenvalue weighted by molar-refractivity contribution is -0.141. The molecule has 106 valence electrons. The van der Waals surface area contributed by atoms with Crippen molar-refractivity contribution in [2.24, 2.45) is 5.92 Å². The molecule has 1 saturated carbocycles. The van der Waals surface area contributed by atoms with Crippen LogP contribution in [-0.2, 0) is 6.18 Å². The number of rotatable bonds is 3. The summed E-state index contributed by atoms with van der Waals surface area (Å²) in [5, 5.41) is 5.64. The number of hydrogen-bond acceptors (Lipinski definition) is 4. The van der Waals surface area contributed by atoms with Gasteiger partial charge in [-0.1, -0.05) is 13.3 Å². The molecule has 2 N–H and O–H groups in total. The number of hydrogen-bond donors (Lipinski definition) is 2. The van der Waals surface area contributed by atoms with Crippen molar-refractivity contribution in [1.29, 1.82) is 0 Å². The molecule has 1 aromatic heterocycles. The third-order valence-electron chi connectivity index (χ3n) is 3.43. The molecular formula is C12H17F3N4. The molecule has 0 amide bonds. The van der Waals surface area contributed by atoms with E-state index in [1.807, 2.05) is 0 Å². The van der Waals surface area contributed by atoms with Crippen molar-refractivity contribution >= 4 is 11.8 Å². The molecule has 1 heterocycles.